The monoisotopic (exact) mass is 311 g/mol. The zero-order valence-corrected chi connectivity index (χ0v) is 13.1. The van der Waals surface area contributed by atoms with E-state index in [1.54, 1.807) is 7.05 Å². The fourth-order valence-corrected chi connectivity index (χ4v) is 4.07. The van der Waals surface area contributed by atoms with E-state index in [0.717, 1.165) is 13.0 Å². The largest absolute Gasteiger partial charge is 0.355 e. The summed E-state index contributed by atoms with van der Waals surface area (Å²) in [4.78, 5) is 11.7. The lowest BCUT2D eigenvalue weighted by molar-refractivity contribution is 0.0963. The van der Waals surface area contributed by atoms with Crippen LogP contribution in [0.1, 0.15) is 16.8 Å². The van der Waals surface area contributed by atoms with E-state index in [-0.39, 0.29) is 10.8 Å². The Morgan fingerprint density at radius 3 is 2.52 bits per heavy atom. The number of hydrogen-bond donors (Lipinski definition) is 2. The summed E-state index contributed by atoms with van der Waals surface area (Å²) in [6.07, 6.45) is 0.871. The van der Waals surface area contributed by atoms with E-state index in [2.05, 4.69) is 10.6 Å². The lowest BCUT2D eigenvalue weighted by Gasteiger charge is -2.16. The minimum atomic E-state index is -3.47. The lowest BCUT2D eigenvalue weighted by Crippen LogP contribution is -2.30. The molecular formula is C14H21N3O3S. The van der Waals surface area contributed by atoms with Crippen molar-refractivity contribution >= 4 is 15.9 Å². The van der Waals surface area contributed by atoms with Crippen molar-refractivity contribution < 1.29 is 13.2 Å². The van der Waals surface area contributed by atoms with Crippen LogP contribution in [0, 0.1) is 5.92 Å². The summed E-state index contributed by atoms with van der Waals surface area (Å²) in [7, 11) is -0.0548. The van der Waals surface area contributed by atoms with Crippen LogP contribution in [0.4, 0.5) is 0 Å². The van der Waals surface area contributed by atoms with Gasteiger partial charge in [0.1, 0.15) is 0 Å². The molecule has 0 saturated carbocycles. The first-order valence-electron chi connectivity index (χ1n) is 6.96. The SMILES string of the molecule is CNCC1CCN(S(=O)(=O)c2ccc(C(=O)NC)cc2)C1. The molecule has 1 fully saturated rings. The number of rotatable bonds is 5. The summed E-state index contributed by atoms with van der Waals surface area (Å²) in [5.41, 5.74) is 0.450. The molecule has 1 aromatic carbocycles. The maximum Gasteiger partial charge on any atom is 0.251 e. The average Bonchev–Trinajstić information content (AvgIpc) is 2.96. The first-order valence-corrected chi connectivity index (χ1v) is 8.40. The van der Waals surface area contributed by atoms with Gasteiger partial charge in [0.05, 0.1) is 4.90 Å². The summed E-state index contributed by atoms with van der Waals surface area (Å²) in [6, 6.07) is 6.05. The van der Waals surface area contributed by atoms with E-state index in [0.29, 0.717) is 24.6 Å². The standard InChI is InChI=1S/C14H21N3O3S/c1-15-9-11-7-8-17(10-11)21(19,20)13-5-3-12(4-6-13)14(18)16-2/h3-6,11,15H,7-10H2,1-2H3,(H,16,18). The van der Waals surface area contributed by atoms with Gasteiger partial charge in [-0.1, -0.05) is 0 Å². The van der Waals surface area contributed by atoms with Gasteiger partial charge in [-0.05, 0) is 50.2 Å². The third-order valence-electron chi connectivity index (χ3n) is 3.72. The van der Waals surface area contributed by atoms with Gasteiger partial charge in [0.15, 0.2) is 0 Å². The van der Waals surface area contributed by atoms with Crippen molar-refractivity contribution in [1.29, 1.82) is 0 Å². The van der Waals surface area contributed by atoms with Gasteiger partial charge in [-0.15, -0.1) is 0 Å². The second-order valence-electron chi connectivity index (χ2n) is 5.18. The molecule has 6 nitrogen and oxygen atoms in total. The minimum Gasteiger partial charge on any atom is -0.355 e. The van der Waals surface area contributed by atoms with Crippen molar-refractivity contribution in [3.63, 3.8) is 0 Å². The summed E-state index contributed by atoms with van der Waals surface area (Å²) < 4.78 is 26.6. The second kappa shape index (κ2) is 6.55. The maximum atomic E-state index is 12.5. The van der Waals surface area contributed by atoms with Gasteiger partial charge in [-0.25, -0.2) is 8.42 Å². The van der Waals surface area contributed by atoms with Crippen molar-refractivity contribution in [2.75, 3.05) is 33.7 Å². The van der Waals surface area contributed by atoms with Gasteiger partial charge < -0.3 is 10.6 Å². The van der Waals surface area contributed by atoms with Crippen LogP contribution in [0.15, 0.2) is 29.2 Å². The second-order valence-corrected chi connectivity index (χ2v) is 7.12. The third kappa shape index (κ3) is 3.42. The van der Waals surface area contributed by atoms with Gasteiger partial charge in [-0.3, -0.25) is 4.79 Å². The van der Waals surface area contributed by atoms with Crippen LogP contribution in [0.5, 0.6) is 0 Å². The number of nitrogens with zero attached hydrogens (tertiary/aromatic N) is 1. The number of amides is 1. The first kappa shape index (κ1) is 15.9. The molecule has 1 aliphatic rings. The van der Waals surface area contributed by atoms with Gasteiger partial charge in [0.25, 0.3) is 5.91 Å². The molecule has 1 heterocycles. The molecule has 2 N–H and O–H groups in total. The molecule has 1 amide bonds. The molecule has 0 spiro atoms. The van der Waals surface area contributed by atoms with E-state index in [1.165, 1.54) is 28.6 Å². The molecule has 0 radical (unpaired) electrons. The first-order chi connectivity index (χ1) is 9.98. The van der Waals surface area contributed by atoms with Crippen molar-refractivity contribution in [2.45, 2.75) is 11.3 Å². The van der Waals surface area contributed by atoms with Crippen LogP contribution in [0.2, 0.25) is 0 Å². The highest BCUT2D eigenvalue weighted by Crippen LogP contribution is 2.24. The van der Waals surface area contributed by atoms with Crippen LogP contribution < -0.4 is 10.6 Å². The topological polar surface area (TPSA) is 78.5 Å². The van der Waals surface area contributed by atoms with Gasteiger partial charge in [-0.2, -0.15) is 4.31 Å². The number of carbonyl (C=O) groups excluding carboxylic acids is 1. The Balaban J connectivity index is 2.15. The Kier molecular flexibility index (Phi) is 4.97. The van der Waals surface area contributed by atoms with Crippen LogP contribution >= 0.6 is 0 Å². The van der Waals surface area contributed by atoms with E-state index < -0.39 is 10.0 Å². The Morgan fingerprint density at radius 1 is 1.29 bits per heavy atom. The van der Waals surface area contributed by atoms with Gasteiger partial charge in [0.2, 0.25) is 10.0 Å². The molecule has 21 heavy (non-hydrogen) atoms. The van der Waals surface area contributed by atoms with Crippen molar-refractivity contribution in [3.8, 4) is 0 Å². The Morgan fingerprint density at radius 2 is 1.95 bits per heavy atom. The van der Waals surface area contributed by atoms with E-state index in [1.807, 2.05) is 7.05 Å². The number of hydrogen-bond acceptors (Lipinski definition) is 4. The zero-order valence-electron chi connectivity index (χ0n) is 12.3. The molecule has 7 heteroatoms. The number of sulfonamides is 1. The zero-order chi connectivity index (χ0) is 15.5. The van der Waals surface area contributed by atoms with Crippen LogP contribution in [0.3, 0.4) is 0 Å². The van der Waals surface area contributed by atoms with Gasteiger partial charge >= 0.3 is 0 Å². The molecule has 0 bridgehead atoms. The van der Waals surface area contributed by atoms with E-state index in [4.69, 9.17) is 0 Å². The molecular weight excluding hydrogens is 290 g/mol. The average molecular weight is 311 g/mol. The van der Waals surface area contributed by atoms with Crippen LogP contribution in [-0.2, 0) is 10.0 Å². The van der Waals surface area contributed by atoms with Crippen LogP contribution in [0.25, 0.3) is 0 Å². The molecule has 116 valence electrons. The summed E-state index contributed by atoms with van der Waals surface area (Å²) >= 11 is 0. The van der Waals surface area contributed by atoms with E-state index >= 15 is 0 Å². The predicted molar refractivity (Wildman–Crippen MR) is 80.6 cm³/mol. The molecule has 1 aliphatic heterocycles. The predicted octanol–water partition coefficient (Wildman–Crippen LogP) is 0.276. The smallest absolute Gasteiger partial charge is 0.251 e. The highest BCUT2D eigenvalue weighted by Gasteiger charge is 2.32. The fourth-order valence-electron chi connectivity index (χ4n) is 2.54. The quantitative estimate of drug-likeness (QED) is 0.818. The summed E-state index contributed by atoms with van der Waals surface area (Å²) in [6.45, 7) is 1.91. The van der Waals surface area contributed by atoms with Crippen molar-refractivity contribution in [1.82, 2.24) is 14.9 Å². The van der Waals surface area contributed by atoms with Crippen LogP contribution in [-0.4, -0.2) is 52.4 Å². The maximum absolute atomic E-state index is 12.5. The fraction of sp³-hybridized carbons (Fsp3) is 0.500. The molecule has 0 aromatic heterocycles. The lowest BCUT2D eigenvalue weighted by atomic mass is 10.1. The summed E-state index contributed by atoms with van der Waals surface area (Å²) in [5, 5.41) is 5.59. The molecule has 0 aliphatic carbocycles. The third-order valence-corrected chi connectivity index (χ3v) is 5.60. The number of benzene rings is 1. The Labute approximate surface area is 125 Å². The number of nitrogens with one attached hydrogen (secondary N) is 2. The highest BCUT2D eigenvalue weighted by atomic mass is 32.2. The van der Waals surface area contributed by atoms with Crippen molar-refractivity contribution in [3.05, 3.63) is 29.8 Å². The van der Waals surface area contributed by atoms with Crippen molar-refractivity contribution in [2.24, 2.45) is 5.92 Å². The summed E-state index contributed by atoms with van der Waals surface area (Å²) in [5.74, 6) is 0.129. The molecule has 1 saturated heterocycles. The molecule has 1 atom stereocenters. The molecule has 1 aromatic rings. The van der Waals surface area contributed by atoms with Gasteiger partial charge in [0, 0.05) is 25.7 Å². The molecule has 1 unspecified atom stereocenters. The Bertz CT molecular complexity index is 598. The minimum absolute atomic E-state index is 0.228. The number of carbonyl (C=O) groups is 1. The molecule has 2 rings (SSSR count). The van der Waals surface area contributed by atoms with E-state index in [9.17, 15) is 13.2 Å². The normalized spacial score (nSPS) is 19.6. The highest BCUT2D eigenvalue weighted by molar-refractivity contribution is 7.89. The Hall–Kier alpha value is -1.44.